The summed E-state index contributed by atoms with van der Waals surface area (Å²) >= 11 is 0. The van der Waals surface area contributed by atoms with Crippen molar-refractivity contribution in [2.75, 3.05) is 46.0 Å². The first kappa shape index (κ1) is 11.9. The Balaban J connectivity index is 1.98. The van der Waals surface area contributed by atoms with Gasteiger partial charge in [-0.1, -0.05) is 0 Å². The Morgan fingerprint density at radius 3 is 3.00 bits per heavy atom. The monoisotopic (exact) mass is 202 g/mol. The van der Waals surface area contributed by atoms with Crippen LogP contribution in [0.25, 0.3) is 0 Å². The molecule has 0 saturated carbocycles. The van der Waals surface area contributed by atoms with Crippen molar-refractivity contribution in [2.45, 2.75) is 12.8 Å². The molecule has 84 valence electrons. The van der Waals surface area contributed by atoms with Crippen LogP contribution >= 0.6 is 0 Å². The summed E-state index contributed by atoms with van der Waals surface area (Å²) in [7, 11) is 0. The van der Waals surface area contributed by atoms with Gasteiger partial charge in [-0.25, -0.2) is 0 Å². The molecule has 0 aromatic heterocycles. The van der Waals surface area contributed by atoms with E-state index in [0.717, 1.165) is 32.7 Å². The van der Waals surface area contributed by atoms with Gasteiger partial charge in [0.15, 0.2) is 0 Å². The van der Waals surface area contributed by atoms with E-state index in [9.17, 15) is 0 Å². The molecule has 1 aliphatic rings. The Kier molecular flexibility index (Phi) is 6.10. The molecule has 1 unspecified atom stereocenters. The molecule has 0 amide bonds. The molecule has 1 saturated heterocycles. The molecule has 0 spiro atoms. The molecule has 1 atom stereocenters. The third-order valence-electron chi connectivity index (χ3n) is 2.72. The SMILES string of the molecule is NCCOCCN1CCC(CCO)C1. The highest BCUT2D eigenvalue weighted by molar-refractivity contribution is 4.74. The van der Waals surface area contributed by atoms with Crippen LogP contribution in [-0.4, -0.2) is 56.0 Å². The van der Waals surface area contributed by atoms with Gasteiger partial charge in [-0.2, -0.15) is 0 Å². The Morgan fingerprint density at radius 1 is 1.43 bits per heavy atom. The molecule has 1 aliphatic heterocycles. The lowest BCUT2D eigenvalue weighted by molar-refractivity contribution is 0.115. The zero-order chi connectivity index (χ0) is 10.2. The number of aliphatic hydroxyl groups excluding tert-OH is 1. The normalized spacial score (nSPS) is 23.1. The Bertz CT molecular complexity index is 144. The van der Waals surface area contributed by atoms with Crippen LogP contribution in [0.3, 0.4) is 0 Å². The van der Waals surface area contributed by atoms with Crippen LogP contribution in [0.1, 0.15) is 12.8 Å². The second-order valence-electron chi connectivity index (χ2n) is 3.87. The first-order valence-electron chi connectivity index (χ1n) is 5.48. The fourth-order valence-corrected chi connectivity index (χ4v) is 1.91. The molecule has 0 radical (unpaired) electrons. The summed E-state index contributed by atoms with van der Waals surface area (Å²) in [6.45, 7) is 5.64. The lowest BCUT2D eigenvalue weighted by atomic mass is 10.1. The maximum atomic E-state index is 8.80. The third kappa shape index (κ3) is 4.37. The van der Waals surface area contributed by atoms with Gasteiger partial charge >= 0.3 is 0 Å². The van der Waals surface area contributed by atoms with Crippen LogP contribution in [0.4, 0.5) is 0 Å². The van der Waals surface area contributed by atoms with Crippen molar-refractivity contribution in [3.05, 3.63) is 0 Å². The van der Waals surface area contributed by atoms with E-state index in [1.807, 2.05) is 0 Å². The highest BCUT2D eigenvalue weighted by Crippen LogP contribution is 2.18. The molecule has 1 fully saturated rings. The second kappa shape index (κ2) is 7.17. The molecule has 0 aromatic carbocycles. The first-order valence-corrected chi connectivity index (χ1v) is 5.48. The summed E-state index contributed by atoms with van der Waals surface area (Å²) in [5, 5.41) is 8.80. The summed E-state index contributed by atoms with van der Waals surface area (Å²) < 4.78 is 5.32. The van der Waals surface area contributed by atoms with Crippen LogP contribution in [-0.2, 0) is 4.74 Å². The lowest BCUT2D eigenvalue weighted by Gasteiger charge is -2.15. The standard InChI is InChI=1S/C10H22N2O2/c11-3-7-14-8-5-12-4-1-10(9-12)2-6-13/h10,13H,1-9,11H2. The van der Waals surface area contributed by atoms with E-state index in [1.54, 1.807) is 0 Å². The van der Waals surface area contributed by atoms with E-state index < -0.39 is 0 Å². The highest BCUT2D eigenvalue weighted by Gasteiger charge is 2.21. The molecule has 3 N–H and O–H groups in total. The maximum Gasteiger partial charge on any atom is 0.0594 e. The molecule has 4 nitrogen and oxygen atoms in total. The second-order valence-corrected chi connectivity index (χ2v) is 3.87. The summed E-state index contributed by atoms with van der Waals surface area (Å²) in [5.41, 5.74) is 5.32. The molecular weight excluding hydrogens is 180 g/mol. The van der Waals surface area contributed by atoms with Gasteiger partial charge in [-0.05, 0) is 25.3 Å². The van der Waals surface area contributed by atoms with Crippen LogP contribution in [0.5, 0.6) is 0 Å². The lowest BCUT2D eigenvalue weighted by Crippen LogP contribution is -2.26. The minimum Gasteiger partial charge on any atom is -0.396 e. The topological polar surface area (TPSA) is 58.7 Å². The molecule has 0 aliphatic carbocycles. The van der Waals surface area contributed by atoms with E-state index in [1.165, 1.54) is 6.42 Å². The van der Waals surface area contributed by atoms with Gasteiger partial charge in [0.1, 0.15) is 0 Å². The number of likely N-dealkylation sites (tertiary alicyclic amines) is 1. The third-order valence-corrected chi connectivity index (χ3v) is 2.72. The quantitative estimate of drug-likeness (QED) is 0.555. The van der Waals surface area contributed by atoms with E-state index in [4.69, 9.17) is 15.6 Å². The number of ether oxygens (including phenoxy) is 1. The van der Waals surface area contributed by atoms with Gasteiger partial charge in [0.2, 0.25) is 0 Å². The maximum absolute atomic E-state index is 8.80. The number of nitrogens with zero attached hydrogens (tertiary/aromatic N) is 1. The van der Waals surface area contributed by atoms with Crippen LogP contribution in [0, 0.1) is 5.92 Å². The van der Waals surface area contributed by atoms with Crippen molar-refractivity contribution in [3.8, 4) is 0 Å². The van der Waals surface area contributed by atoms with Crippen LogP contribution < -0.4 is 5.73 Å². The van der Waals surface area contributed by atoms with Gasteiger partial charge in [0.25, 0.3) is 0 Å². The average molecular weight is 202 g/mol. The van der Waals surface area contributed by atoms with Crippen molar-refractivity contribution in [1.29, 1.82) is 0 Å². The van der Waals surface area contributed by atoms with Gasteiger partial charge in [0, 0.05) is 26.2 Å². The van der Waals surface area contributed by atoms with E-state index in [-0.39, 0.29) is 0 Å². The Hall–Kier alpha value is -0.160. The smallest absolute Gasteiger partial charge is 0.0594 e. The summed E-state index contributed by atoms with van der Waals surface area (Å²) in [6.07, 6.45) is 2.16. The largest absolute Gasteiger partial charge is 0.396 e. The van der Waals surface area contributed by atoms with Crippen molar-refractivity contribution in [2.24, 2.45) is 11.7 Å². The number of hydrogen-bond donors (Lipinski definition) is 2. The zero-order valence-electron chi connectivity index (χ0n) is 8.82. The van der Waals surface area contributed by atoms with Crippen molar-refractivity contribution < 1.29 is 9.84 Å². The first-order chi connectivity index (χ1) is 6.86. The van der Waals surface area contributed by atoms with Crippen LogP contribution in [0.2, 0.25) is 0 Å². The number of rotatable bonds is 7. The fraction of sp³-hybridized carbons (Fsp3) is 1.00. The van der Waals surface area contributed by atoms with E-state index in [0.29, 0.717) is 25.7 Å². The minimum absolute atomic E-state index is 0.322. The molecule has 1 rings (SSSR count). The fourth-order valence-electron chi connectivity index (χ4n) is 1.91. The van der Waals surface area contributed by atoms with Gasteiger partial charge in [-0.15, -0.1) is 0 Å². The molecule has 14 heavy (non-hydrogen) atoms. The highest BCUT2D eigenvalue weighted by atomic mass is 16.5. The molecular formula is C10H22N2O2. The van der Waals surface area contributed by atoms with Gasteiger partial charge in [-0.3, -0.25) is 0 Å². The van der Waals surface area contributed by atoms with Gasteiger partial charge < -0.3 is 20.5 Å². The number of nitrogens with two attached hydrogens (primary N) is 1. The van der Waals surface area contributed by atoms with Crippen molar-refractivity contribution in [3.63, 3.8) is 0 Å². The summed E-state index contributed by atoms with van der Waals surface area (Å²) in [5.74, 6) is 0.689. The Labute approximate surface area is 86.0 Å². The Morgan fingerprint density at radius 2 is 2.29 bits per heavy atom. The number of hydrogen-bond acceptors (Lipinski definition) is 4. The summed E-state index contributed by atoms with van der Waals surface area (Å²) in [6, 6.07) is 0. The minimum atomic E-state index is 0.322. The predicted molar refractivity (Wildman–Crippen MR) is 56.1 cm³/mol. The van der Waals surface area contributed by atoms with Crippen LogP contribution in [0.15, 0.2) is 0 Å². The molecule has 0 bridgehead atoms. The average Bonchev–Trinajstić information content (AvgIpc) is 2.61. The van der Waals surface area contributed by atoms with Gasteiger partial charge in [0.05, 0.1) is 13.2 Å². The van der Waals surface area contributed by atoms with Crippen molar-refractivity contribution >= 4 is 0 Å². The zero-order valence-corrected chi connectivity index (χ0v) is 8.82. The molecule has 4 heteroatoms. The van der Waals surface area contributed by atoms with E-state index >= 15 is 0 Å². The molecule has 1 heterocycles. The number of aliphatic hydroxyl groups is 1. The van der Waals surface area contributed by atoms with Crippen molar-refractivity contribution in [1.82, 2.24) is 4.90 Å². The predicted octanol–water partition coefficient (Wildman–Crippen LogP) is -0.334. The summed E-state index contributed by atoms with van der Waals surface area (Å²) in [4.78, 5) is 2.40. The van der Waals surface area contributed by atoms with E-state index in [2.05, 4.69) is 4.90 Å². The molecule has 0 aromatic rings.